The highest BCUT2D eigenvalue weighted by atomic mass is 16.5. The van der Waals surface area contributed by atoms with E-state index in [0.29, 0.717) is 17.2 Å². The van der Waals surface area contributed by atoms with Crippen LogP contribution in [0.25, 0.3) is 6.08 Å². The lowest BCUT2D eigenvalue weighted by Gasteiger charge is -2.15. The lowest BCUT2D eigenvalue weighted by Crippen LogP contribution is -1.96. The van der Waals surface area contributed by atoms with Gasteiger partial charge in [0.05, 0.1) is 21.3 Å². The molecule has 130 valence electrons. The molecule has 0 unspecified atom stereocenters. The summed E-state index contributed by atoms with van der Waals surface area (Å²) >= 11 is 0. The van der Waals surface area contributed by atoms with Crippen molar-refractivity contribution in [1.82, 2.24) is 0 Å². The first-order valence-electron chi connectivity index (χ1n) is 8.38. The summed E-state index contributed by atoms with van der Waals surface area (Å²) in [6, 6.07) is 3.93. The molecule has 0 saturated carbocycles. The van der Waals surface area contributed by atoms with Gasteiger partial charge in [0.15, 0.2) is 11.5 Å². The predicted octanol–water partition coefficient (Wildman–Crippen LogP) is 5.56. The molecule has 0 N–H and O–H groups in total. The van der Waals surface area contributed by atoms with Crippen molar-refractivity contribution in [3.05, 3.63) is 46.6 Å². The topological polar surface area (TPSA) is 27.7 Å². The largest absolute Gasteiger partial charge is 0.493 e. The number of benzene rings is 1. The van der Waals surface area contributed by atoms with Gasteiger partial charge in [0.1, 0.15) is 0 Å². The quantitative estimate of drug-likeness (QED) is 0.613. The lowest BCUT2D eigenvalue weighted by atomic mass is 9.91. The molecule has 2 rings (SSSR count). The monoisotopic (exact) mass is 328 g/mol. The maximum atomic E-state index is 5.39. The SMILES string of the molecule is COc1cc(/C=C/CCC2=CCC(C)=C(C)C2)cc(OC)c1OC. The van der Waals surface area contributed by atoms with Crippen LogP contribution in [0.3, 0.4) is 0 Å². The average molecular weight is 328 g/mol. The Morgan fingerprint density at radius 3 is 2.17 bits per heavy atom. The molecule has 0 spiro atoms. The van der Waals surface area contributed by atoms with Crippen molar-refractivity contribution < 1.29 is 14.2 Å². The summed E-state index contributed by atoms with van der Waals surface area (Å²) in [7, 11) is 4.89. The third-order valence-corrected chi connectivity index (χ3v) is 4.55. The van der Waals surface area contributed by atoms with E-state index in [4.69, 9.17) is 14.2 Å². The van der Waals surface area contributed by atoms with E-state index in [1.807, 2.05) is 12.1 Å². The zero-order chi connectivity index (χ0) is 17.5. The Morgan fingerprint density at radius 2 is 1.62 bits per heavy atom. The van der Waals surface area contributed by atoms with Crippen LogP contribution in [0.5, 0.6) is 17.2 Å². The van der Waals surface area contributed by atoms with Crippen LogP contribution in [0, 0.1) is 0 Å². The van der Waals surface area contributed by atoms with E-state index in [1.54, 1.807) is 26.9 Å². The summed E-state index contributed by atoms with van der Waals surface area (Å²) in [4.78, 5) is 0. The van der Waals surface area contributed by atoms with E-state index < -0.39 is 0 Å². The van der Waals surface area contributed by atoms with Gasteiger partial charge in [0.25, 0.3) is 0 Å². The van der Waals surface area contributed by atoms with Gasteiger partial charge in [0, 0.05) is 0 Å². The first-order valence-corrected chi connectivity index (χ1v) is 8.38. The highest BCUT2D eigenvalue weighted by Gasteiger charge is 2.12. The van der Waals surface area contributed by atoms with Crippen molar-refractivity contribution >= 4 is 6.08 Å². The second kappa shape index (κ2) is 8.62. The van der Waals surface area contributed by atoms with Gasteiger partial charge in [-0.1, -0.05) is 34.9 Å². The van der Waals surface area contributed by atoms with Crippen molar-refractivity contribution in [3.8, 4) is 17.2 Å². The minimum atomic E-state index is 0.627. The van der Waals surface area contributed by atoms with Gasteiger partial charge in [-0.3, -0.25) is 0 Å². The molecule has 0 atom stereocenters. The Hall–Kier alpha value is -2.16. The summed E-state index contributed by atoms with van der Waals surface area (Å²) in [6.45, 7) is 4.47. The zero-order valence-electron chi connectivity index (χ0n) is 15.4. The molecule has 0 radical (unpaired) electrons. The Morgan fingerprint density at radius 1 is 0.958 bits per heavy atom. The van der Waals surface area contributed by atoms with Crippen LogP contribution in [-0.4, -0.2) is 21.3 Å². The summed E-state index contributed by atoms with van der Waals surface area (Å²) in [6.07, 6.45) is 11.1. The molecule has 0 heterocycles. The van der Waals surface area contributed by atoms with Crippen molar-refractivity contribution in [1.29, 1.82) is 0 Å². The van der Waals surface area contributed by atoms with E-state index in [0.717, 1.165) is 31.2 Å². The number of rotatable bonds is 7. The first kappa shape index (κ1) is 18.2. The molecule has 3 heteroatoms. The molecular formula is C21H28O3. The third kappa shape index (κ3) is 4.44. The van der Waals surface area contributed by atoms with E-state index in [1.165, 1.54) is 11.1 Å². The minimum Gasteiger partial charge on any atom is -0.493 e. The van der Waals surface area contributed by atoms with Gasteiger partial charge < -0.3 is 14.2 Å². The van der Waals surface area contributed by atoms with Crippen LogP contribution in [0.1, 0.15) is 45.1 Å². The van der Waals surface area contributed by atoms with E-state index in [2.05, 4.69) is 32.1 Å². The van der Waals surface area contributed by atoms with Crippen molar-refractivity contribution in [2.24, 2.45) is 0 Å². The van der Waals surface area contributed by atoms with Gasteiger partial charge >= 0.3 is 0 Å². The second-order valence-electron chi connectivity index (χ2n) is 6.20. The zero-order valence-corrected chi connectivity index (χ0v) is 15.4. The third-order valence-electron chi connectivity index (χ3n) is 4.55. The molecule has 1 aliphatic carbocycles. The molecule has 1 aromatic rings. The summed E-state index contributed by atoms with van der Waals surface area (Å²) in [5, 5.41) is 0. The van der Waals surface area contributed by atoms with Gasteiger partial charge in [-0.05, 0) is 57.2 Å². The minimum absolute atomic E-state index is 0.627. The van der Waals surface area contributed by atoms with E-state index >= 15 is 0 Å². The Kier molecular flexibility index (Phi) is 6.53. The number of hydrogen-bond acceptors (Lipinski definition) is 3. The molecule has 0 fully saturated rings. The smallest absolute Gasteiger partial charge is 0.203 e. The van der Waals surface area contributed by atoms with Gasteiger partial charge in [-0.2, -0.15) is 0 Å². The molecule has 0 bridgehead atoms. The number of methoxy groups -OCH3 is 3. The molecule has 0 aromatic heterocycles. The van der Waals surface area contributed by atoms with E-state index in [9.17, 15) is 0 Å². The van der Waals surface area contributed by atoms with Crippen molar-refractivity contribution in [2.45, 2.75) is 39.5 Å². The van der Waals surface area contributed by atoms with Crippen LogP contribution in [0.4, 0.5) is 0 Å². The maximum Gasteiger partial charge on any atom is 0.203 e. The molecule has 3 nitrogen and oxygen atoms in total. The molecule has 24 heavy (non-hydrogen) atoms. The van der Waals surface area contributed by atoms with Crippen LogP contribution < -0.4 is 14.2 Å². The predicted molar refractivity (Wildman–Crippen MR) is 100 cm³/mol. The summed E-state index contributed by atoms with van der Waals surface area (Å²) < 4.78 is 16.1. The fourth-order valence-corrected chi connectivity index (χ4v) is 2.91. The number of hydrogen-bond donors (Lipinski definition) is 0. The second-order valence-corrected chi connectivity index (χ2v) is 6.20. The van der Waals surface area contributed by atoms with Crippen LogP contribution in [0.2, 0.25) is 0 Å². The Bertz CT molecular complexity index is 641. The molecule has 0 saturated heterocycles. The van der Waals surface area contributed by atoms with Crippen molar-refractivity contribution in [3.63, 3.8) is 0 Å². The first-order chi connectivity index (χ1) is 11.6. The molecule has 1 aliphatic rings. The Labute approximate surface area is 145 Å². The van der Waals surface area contributed by atoms with Crippen LogP contribution in [0.15, 0.2) is 41.0 Å². The van der Waals surface area contributed by atoms with Crippen LogP contribution >= 0.6 is 0 Å². The van der Waals surface area contributed by atoms with Gasteiger partial charge in [0.2, 0.25) is 5.75 Å². The fourth-order valence-electron chi connectivity index (χ4n) is 2.91. The molecule has 0 aliphatic heterocycles. The maximum absolute atomic E-state index is 5.39. The van der Waals surface area contributed by atoms with Crippen LogP contribution in [-0.2, 0) is 0 Å². The fraction of sp³-hybridized carbons (Fsp3) is 0.429. The van der Waals surface area contributed by atoms with E-state index in [-0.39, 0.29) is 0 Å². The highest BCUT2D eigenvalue weighted by molar-refractivity contribution is 5.62. The van der Waals surface area contributed by atoms with Gasteiger partial charge in [-0.25, -0.2) is 0 Å². The normalized spacial score (nSPS) is 14.8. The molecular weight excluding hydrogens is 300 g/mol. The summed E-state index contributed by atoms with van der Waals surface area (Å²) in [5.74, 6) is 1.99. The number of ether oxygens (including phenoxy) is 3. The summed E-state index contributed by atoms with van der Waals surface area (Å²) in [5.41, 5.74) is 5.65. The standard InChI is InChI=1S/C21H28O3/c1-15-10-11-17(12-16(15)2)8-6-7-9-18-13-19(22-3)21(24-5)20(14-18)23-4/h7,9,11,13-14H,6,8,10,12H2,1-5H3/b9-7+. The average Bonchev–Trinajstić information content (AvgIpc) is 2.60. The molecule has 1 aromatic carbocycles. The molecule has 0 amide bonds. The highest BCUT2D eigenvalue weighted by Crippen LogP contribution is 2.38. The number of allylic oxidation sites excluding steroid dienone is 5. The Balaban J connectivity index is 2.00. The van der Waals surface area contributed by atoms with Gasteiger partial charge in [-0.15, -0.1) is 0 Å². The van der Waals surface area contributed by atoms with Crippen molar-refractivity contribution in [2.75, 3.05) is 21.3 Å². The lowest BCUT2D eigenvalue weighted by molar-refractivity contribution is 0.324.